The highest BCUT2D eigenvalue weighted by Crippen LogP contribution is 2.38. The monoisotopic (exact) mass is 614 g/mol. The Morgan fingerprint density at radius 1 is 1.24 bits per heavy atom. The number of halogens is 2. The molecule has 1 aliphatic heterocycles. The maximum Gasteiger partial charge on any atom is 0.405 e. The normalized spacial score (nSPS) is 15.8. The molecule has 2 N–H and O–H groups in total. The molecule has 232 valence electrons. The van der Waals surface area contributed by atoms with E-state index in [-0.39, 0.29) is 12.5 Å². The third kappa shape index (κ3) is 5.54. The van der Waals surface area contributed by atoms with E-state index in [4.69, 9.17) is 15.1 Å². The molecular weight excluding hydrogens is 582 g/mol. The van der Waals surface area contributed by atoms with Crippen LogP contribution >= 0.6 is 0 Å². The van der Waals surface area contributed by atoms with Crippen LogP contribution < -0.4 is 5.32 Å². The SMILES string of the molecule is Cn1c(-c2cc3cccc(/C=C/Cn4cnc(F)c4)c3n2CC2CC2)nc2cc3c(nc21)CCN(C[C@@H](CF)NC(=O)O)C3=O. The highest BCUT2D eigenvalue weighted by molar-refractivity contribution is 5.99. The third-order valence-corrected chi connectivity index (χ3v) is 8.55. The lowest BCUT2D eigenvalue weighted by Gasteiger charge is -2.30. The lowest BCUT2D eigenvalue weighted by atomic mass is 10.0. The van der Waals surface area contributed by atoms with Gasteiger partial charge in [0.1, 0.15) is 12.2 Å². The Labute approximate surface area is 256 Å². The predicted octanol–water partition coefficient (Wildman–Crippen LogP) is 4.65. The van der Waals surface area contributed by atoms with Crippen molar-refractivity contribution in [3.63, 3.8) is 0 Å². The number of allylic oxidation sites excluding steroid dienone is 1. The molecule has 5 heterocycles. The summed E-state index contributed by atoms with van der Waals surface area (Å²) in [4.78, 5) is 39.4. The van der Waals surface area contributed by atoms with E-state index >= 15 is 0 Å². The zero-order valence-electron chi connectivity index (χ0n) is 24.7. The van der Waals surface area contributed by atoms with Gasteiger partial charge in [-0.3, -0.25) is 4.79 Å². The number of aryl methyl sites for hydroxylation is 1. The summed E-state index contributed by atoms with van der Waals surface area (Å²) in [5.74, 6) is 0.485. The molecule has 45 heavy (non-hydrogen) atoms. The van der Waals surface area contributed by atoms with Crippen molar-refractivity contribution in [3.8, 4) is 11.5 Å². The third-order valence-electron chi connectivity index (χ3n) is 8.55. The molecule has 2 amide bonds. The predicted molar refractivity (Wildman–Crippen MR) is 164 cm³/mol. The number of carbonyl (C=O) groups is 2. The number of fused-ring (bicyclic) bond motifs is 3. The lowest BCUT2D eigenvalue weighted by Crippen LogP contribution is -2.48. The minimum absolute atomic E-state index is 0.0656. The lowest BCUT2D eigenvalue weighted by molar-refractivity contribution is 0.0712. The summed E-state index contributed by atoms with van der Waals surface area (Å²) in [5.41, 5.74) is 5.36. The number of hydrogen-bond acceptors (Lipinski definition) is 5. The van der Waals surface area contributed by atoms with Crippen LogP contribution in [0.5, 0.6) is 0 Å². The van der Waals surface area contributed by atoms with Gasteiger partial charge in [-0.2, -0.15) is 4.39 Å². The molecule has 1 fully saturated rings. The van der Waals surface area contributed by atoms with Crippen molar-refractivity contribution in [1.29, 1.82) is 0 Å². The number of alkyl halides is 1. The summed E-state index contributed by atoms with van der Waals surface area (Å²) in [6, 6.07) is 9.05. The zero-order valence-corrected chi connectivity index (χ0v) is 24.7. The van der Waals surface area contributed by atoms with E-state index in [0.29, 0.717) is 47.8 Å². The van der Waals surface area contributed by atoms with Crippen LogP contribution in [0.25, 0.3) is 39.7 Å². The standard InChI is InChI=1S/C32H32F2N8O3/c1-39-29-25(13-23-24(37-29)9-11-41(31(23)43)16-22(14-33)36-32(44)45)38-30(39)26-12-21-5-2-4-20(28(21)42(26)15-19-7-8-19)6-3-10-40-17-27(34)35-18-40/h2-6,12-13,17-19,22,36H,7-11,14-16H2,1H3,(H,44,45)/b6-3+/t22-/m1/s1. The maximum atomic E-state index is 13.5. The van der Waals surface area contributed by atoms with Gasteiger partial charge in [-0.1, -0.05) is 30.4 Å². The van der Waals surface area contributed by atoms with E-state index in [1.807, 2.05) is 23.8 Å². The maximum absolute atomic E-state index is 13.5. The average molecular weight is 615 g/mol. The molecule has 5 aromatic rings. The smallest absolute Gasteiger partial charge is 0.405 e. The van der Waals surface area contributed by atoms with E-state index in [1.54, 1.807) is 10.6 Å². The van der Waals surface area contributed by atoms with Crippen LogP contribution in [0, 0.1) is 11.9 Å². The molecule has 13 heteroatoms. The molecule has 1 atom stereocenters. The number of para-hydroxylation sites is 1. The molecule has 0 bridgehead atoms. The first-order chi connectivity index (χ1) is 21.8. The van der Waals surface area contributed by atoms with Gasteiger partial charge in [0, 0.05) is 45.0 Å². The number of rotatable bonds is 10. The molecular formula is C32H32F2N8O3. The fourth-order valence-corrected chi connectivity index (χ4v) is 6.17. The Kier molecular flexibility index (Phi) is 7.30. The molecule has 11 nitrogen and oxygen atoms in total. The number of pyridine rings is 1. The second kappa shape index (κ2) is 11.5. The van der Waals surface area contributed by atoms with Gasteiger partial charge >= 0.3 is 6.09 Å². The highest BCUT2D eigenvalue weighted by atomic mass is 19.1. The van der Waals surface area contributed by atoms with Crippen LogP contribution in [-0.2, 0) is 26.6 Å². The number of nitrogens with zero attached hydrogens (tertiary/aromatic N) is 7. The fraction of sp³-hybridized carbons (Fsp3) is 0.344. The van der Waals surface area contributed by atoms with Gasteiger partial charge in [-0.05, 0) is 36.5 Å². The van der Waals surface area contributed by atoms with E-state index in [9.17, 15) is 18.4 Å². The first-order valence-electron chi connectivity index (χ1n) is 15.0. The summed E-state index contributed by atoms with van der Waals surface area (Å²) in [7, 11) is 1.93. The topological polar surface area (TPSA) is 123 Å². The van der Waals surface area contributed by atoms with Crippen molar-refractivity contribution in [2.24, 2.45) is 13.0 Å². The van der Waals surface area contributed by atoms with Gasteiger partial charge in [0.2, 0.25) is 5.95 Å². The molecule has 1 aliphatic carbocycles. The molecule has 0 saturated heterocycles. The number of carboxylic acid groups (broad SMARTS) is 1. The molecule has 7 rings (SSSR count). The largest absolute Gasteiger partial charge is 0.465 e. The van der Waals surface area contributed by atoms with Crippen molar-refractivity contribution in [2.45, 2.75) is 38.4 Å². The highest BCUT2D eigenvalue weighted by Gasteiger charge is 2.30. The minimum atomic E-state index is -1.33. The van der Waals surface area contributed by atoms with Crippen molar-refractivity contribution in [3.05, 3.63) is 71.7 Å². The van der Waals surface area contributed by atoms with E-state index in [1.165, 1.54) is 30.3 Å². The second-order valence-electron chi connectivity index (χ2n) is 11.8. The van der Waals surface area contributed by atoms with Crippen molar-refractivity contribution in [1.82, 2.24) is 38.9 Å². The van der Waals surface area contributed by atoms with Crippen LogP contribution in [0.2, 0.25) is 0 Å². The number of carbonyl (C=O) groups excluding carboxylic acids is 1. The second-order valence-corrected chi connectivity index (χ2v) is 11.8. The first-order valence-corrected chi connectivity index (χ1v) is 15.0. The van der Waals surface area contributed by atoms with Gasteiger partial charge in [0.05, 0.1) is 41.0 Å². The Bertz CT molecular complexity index is 1970. The Morgan fingerprint density at radius 3 is 2.82 bits per heavy atom. The van der Waals surface area contributed by atoms with Gasteiger partial charge in [-0.15, -0.1) is 0 Å². The van der Waals surface area contributed by atoms with Crippen molar-refractivity contribution >= 4 is 40.1 Å². The van der Waals surface area contributed by atoms with Gasteiger partial charge < -0.3 is 29.0 Å². The Hall–Kier alpha value is -5.07. The molecule has 0 unspecified atom stereocenters. The van der Waals surface area contributed by atoms with Crippen LogP contribution in [0.15, 0.2) is 48.9 Å². The van der Waals surface area contributed by atoms with Crippen LogP contribution in [-0.4, -0.2) is 76.5 Å². The van der Waals surface area contributed by atoms with Crippen LogP contribution in [0.3, 0.4) is 0 Å². The van der Waals surface area contributed by atoms with Gasteiger partial charge in [0.15, 0.2) is 11.5 Å². The zero-order chi connectivity index (χ0) is 31.2. The minimum Gasteiger partial charge on any atom is -0.465 e. The average Bonchev–Trinajstić information content (AvgIpc) is 3.50. The quantitative estimate of drug-likeness (QED) is 0.236. The number of imidazole rings is 2. The van der Waals surface area contributed by atoms with Crippen molar-refractivity contribution < 1.29 is 23.5 Å². The fourth-order valence-electron chi connectivity index (χ4n) is 6.17. The molecule has 1 aromatic carbocycles. The summed E-state index contributed by atoms with van der Waals surface area (Å²) in [6.45, 7) is 0.668. The van der Waals surface area contributed by atoms with Crippen LogP contribution in [0.4, 0.5) is 13.6 Å². The van der Waals surface area contributed by atoms with E-state index in [2.05, 4.69) is 39.1 Å². The molecule has 0 spiro atoms. The number of aromatic nitrogens is 6. The van der Waals surface area contributed by atoms with Gasteiger partial charge in [-0.25, -0.2) is 24.1 Å². The number of nitrogens with one attached hydrogen (secondary N) is 1. The Morgan fingerprint density at radius 2 is 2.09 bits per heavy atom. The molecule has 4 aromatic heterocycles. The summed E-state index contributed by atoms with van der Waals surface area (Å²) >= 11 is 0. The van der Waals surface area contributed by atoms with Crippen LogP contribution in [0.1, 0.15) is 34.5 Å². The Balaban J connectivity index is 1.25. The van der Waals surface area contributed by atoms with E-state index in [0.717, 1.165) is 34.5 Å². The first kappa shape index (κ1) is 28.7. The summed E-state index contributed by atoms with van der Waals surface area (Å²) < 4.78 is 32.8. The summed E-state index contributed by atoms with van der Waals surface area (Å²) in [5, 5.41) is 12.2. The molecule has 0 radical (unpaired) electrons. The number of benzene rings is 1. The summed E-state index contributed by atoms with van der Waals surface area (Å²) in [6.07, 6.45) is 8.34. The number of hydrogen-bond donors (Lipinski definition) is 2. The molecule has 1 saturated carbocycles. The van der Waals surface area contributed by atoms with Gasteiger partial charge in [0.25, 0.3) is 5.91 Å². The van der Waals surface area contributed by atoms with Crippen molar-refractivity contribution in [2.75, 3.05) is 19.8 Å². The van der Waals surface area contributed by atoms with E-state index < -0.39 is 24.8 Å². The molecule has 2 aliphatic rings. The number of amides is 2.